The Balaban J connectivity index is 1.65. The molecule has 0 saturated carbocycles. The van der Waals surface area contributed by atoms with Crippen molar-refractivity contribution < 1.29 is 9.90 Å². The molecule has 0 saturated heterocycles. The summed E-state index contributed by atoms with van der Waals surface area (Å²) in [5, 5.41) is 21.7. The Bertz CT molecular complexity index is 909. The quantitative estimate of drug-likeness (QED) is 0.588. The minimum Gasteiger partial charge on any atom is -0.508 e. The van der Waals surface area contributed by atoms with Crippen LogP contribution in [0.3, 0.4) is 0 Å². The second kappa shape index (κ2) is 9.36. The van der Waals surface area contributed by atoms with Crippen molar-refractivity contribution in [3.05, 3.63) is 59.7 Å². The maximum Gasteiger partial charge on any atom is 0.233 e. The number of carbonyl (C=O) groups excluding carboxylic acids is 1. The molecule has 3 rings (SSSR count). The van der Waals surface area contributed by atoms with Gasteiger partial charge in [-0.25, -0.2) is 0 Å². The van der Waals surface area contributed by atoms with Crippen LogP contribution >= 0.6 is 11.8 Å². The van der Waals surface area contributed by atoms with Gasteiger partial charge in [0.1, 0.15) is 5.75 Å². The highest BCUT2D eigenvalue weighted by molar-refractivity contribution is 7.99. The number of tetrazole rings is 1. The van der Waals surface area contributed by atoms with Gasteiger partial charge in [-0.1, -0.05) is 48.5 Å². The maximum atomic E-state index is 12.8. The summed E-state index contributed by atoms with van der Waals surface area (Å²) in [5.74, 6) is 0.477. The first-order valence-electron chi connectivity index (χ1n) is 9.10. The van der Waals surface area contributed by atoms with Gasteiger partial charge in [-0.2, -0.15) is 4.68 Å². The summed E-state index contributed by atoms with van der Waals surface area (Å²) < 4.78 is 1.56. The molecule has 0 aliphatic heterocycles. The molecular formula is C20H23N5O2S. The number of carbonyl (C=O) groups is 1. The first kappa shape index (κ1) is 19.9. The van der Waals surface area contributed by atoms with Gasteiger partial charge in [-0.15, -0.1) is 5.10 Å². The van der Waals surface area contributed by atoms with Crippen molar-refractivity contribution in [1.82, 2.24) is 25.1 Å². The molecule has 7 nitrogen and oxygen atoms in total. The van der Waals surface area contributed by atoms with Gasteiger partial charge in [0.05, 0.1) is 11.4 Å². The summed E-state index contributed by atoms with van der Waals surface area (Å²) >= 11 is 1.30. The van der Waals surface area contributed by atoms with Crippen LogP contribution in [0, 0.1) is 6.92 Å². The predicted molar refractivity (Wildman–Crippen MR) is 108 cm³/mol. The van der Waals surface area contributed by atoms with Crippen molar-refractivity contribution in [2.45, 2.75) is 32.0 Å². The lowest BCUT2D eigenvalue weighted by Gasteiger charge is -2.22. The number of hydrogen-bond donors (Lipinski definition) is 1. The number of amides is 1. The van der Waals surface area contributed by atoms with Crippen molar-refractivity contribution in [3.63, 3.8) is 0 Å². The van der Waals surface area contributed by atoms with E-state index in [0.717, 1.165) is 17.7 Å². The van der Waals surface area contributed by atoms with Crippen LogP contribution in [0.2, 0.25) is 0 Å². The monoisotopic (exact) mass is 397 g/mol. The Labute approximate surface area is 168 Å². The third-order valence-electron chi connectivity index (χ3n) is 4.20. The van der Waals surface area contributed by atoms with Gasteiger partial charge in [0.2, 0.25) is 11.1 Å². The van der Waals surface area contributed by atoms with E-state index in [-0.39, 0.29) is 17.4 Å². The second-order valence-electron chi connectivity index (χ2n) is 6.48. The van der Waals surface area contributed by atoms with Gasteiger partial charge in [-0.05, 0) is 53.6 Å². The fourth-order valence-electron chi connectivity index (χ4n) is 2.72. The normalized spacial score (nSPS) is 10.8. The van der Waals surface area contributed by atoms with E-state index in [0.29, 0.717) is 18.2 Å². The van der Waals surface area contributed by atoms with Gasteiger partial charge in [0.15, 0.2) is 0 Å². The molecular weight excluding hydrogens is 374 g/mol. The Hall–Kier alpha value is -2.87. The third-order valence-corrected chi connectivity index (χ3v) is 5.10. The number of phenolic OH excluding ortho intramolecular Hbond substituents is 1. The number of phenols is 1. The molecule has 0 radical (unpaired) electrons. The largest absolute Gasteiger partial charge is 0.508 e. The molecule has 8 heteroatoms. The third kappa shape index (κ3) is 5.10. The SMILES string of the molecule is CCCN(Cc1ccc(C)cc1)C(=O)CSc1nnnn1-c1ccc(O)cc1. The van der Waals surface area contributed by atoms with Gasteiger partial charge in [0.25, 0.3) is 0 Å². The van der Waals surface area contributed by atoms with Gasteiger partial charge in [0, 0.05) is 13.1 Å². The summed E-state index contributed by atoms with van der Waals surface area (Å²) in [6.07, 6.45) is 0.896. The van der Waals surface area contributed by atoms with Crippen molar-refractivity contribution >= 4 is 17.7 Å². The molecule has 0 unspecified atom stereocenters. The number of aromatic nitrogens is 4. The Morgan fingerprint density at radius 3 is 2.54 bits per heavy atom. The molecule has 0 fully saturated rings. The molecule has 146 valence electrons. The number of aryl methyl sites for hydroxylation is 1. The highest BCUT2D eigenvalue weighted by Crippen LogP contribution is 2.20. The summed E-state index contributed by atoms with van der Waals surface area (Å²) in [7, 11) is 0. The summed E-state index contributed by atoms with van der Waals surface area (Å²) in [6, 6.07) is 14.8. The lowest BCUT2D eigenvalue weighted by atomic mass is 10.1. The molecule has 0 aliphatic rings. The molecule has 1 N–H and O–H groups in total. The van der Waals surface area contributed by atoms with E-state index in [1.54, 1.807) is 28.9 Å². The summed E-state index contributed by atoms with van der Waals surface area (Å²) in [6.45, 7) is 5.41. The number of thioether (sulfide) groups is 1. The van der Waals surface area contributed by atoms with Crippen LogP contribution in [0.15, 0.2) is 53.7 Å². The molecule has 1 amide bonds. The Morgan fingerprint density at radius 2 is 1.86 bits per heavy atom. The van der Waals surface area contributed by atoms with E-state index in [1.807, 2.05) is 11.8 Å². The fourth-order valence-corrected chi connectivity index (χ4v) is 3.51. The molecule has 0 bridgehead atoms. The zero-order chi connectivity index (χ0) is 19.9. The first-order valence-corrected chi connectivity index (χ1v) is 10.1. The maximum absolute atomic E-state index is 12.8. The van der Waals surface area contributed by atoms with E-state index in [4.69, 9.17) is 0 Å². The fraction of sp³-hybridized carbons (Fsp3) is 0.300. The lowest BCUT2D eigenvalue weighted by Crippen LogP contribution is -2.32. The van der Waals surface area contributed by atoms with Gasteiger partial charge in [-0.3, -0.25) is 4.79 Å². The van der Waals surface area contributed by atoms with Crippen molar-refractivity contribution in [3.8, 4) is 11.4 Å². The second-order valence-corrected chi connectivity index (χ2v) is 7.42. The van der Waals surface area contributed by atoms with Crippen LogP contribution in [0.4, 0.5) is 0 Å². The van der Waals surface area contributed by atoms with E-state index in [9.17, 15) is 9.90 Å². The van der Waals surface area contributed by atoms with E-state index < -0.39 is 0 Å². The molecule has 28 heavy (non-hydrogen) atoms. The average molecular weight is 398 g/mol. The smallest absolute Gasteiger partial charge is 0.233 e. The number of nitrogens with zero attached hydrogens (tertiary/aromatic N) is 5. The Kier molecular flexibility index (Phi) is 6.65. The van der Waals surface area contributed by atoms with E-state index in [2.05, 4.69) is 46.7 Å². The first-order chi connectivity index (χ1) is 13.6. The van der Waals surface area contributed by atoms with Crippen LogP contribution in [0.1, 0.15) is 24.5 Å². The highest BCUT2D eigenvalue weighted by atomic mass is 32.2. The number of benzene rings is 2. The molecule has 3 aromatic rings. The molecule has 0 atom stereocenters. The summed E-state index contributed by atoms with van der Waals surface area (Å²) in [5.41, 5.74) is 3.04. The minimum absolute atomic E-state index is 0.0488. The van der Waals surface area contributed by atoms with Crippen LogP contribution in [0.5, 0.6) is 5.75 Å². The van der Waals surface area contributed by atoms with Crippen LogP contribution < -0.4 is 0 Å². The van der Waals surface area contributed by atoms with Crippen molar-refractivity contribution in [2.75, 3.05) is 12.3 Å². The predicted octanol–water partition coefficient (Wildman–Crippen LogP) is 3.21. The minimum atomic E-state index is 0.0488. The zero-order valence-electron chi connectivity index (χ0n) is 15.9. The average Bonchev–Trinajstić information content (AvgIpc) is 3.16. The highest BCUT2D eigenvalue weighted by Gasteiger charge is 2.16. The molecule has 0 aliphatic carbocycles. The number of rotatable bonds is 8. The van der Waals surface area contributed by atoms with Crippen LogP contribution in [-0.4, -0.2) is 48.4 Å². The van der Waals surface area contributed by atoms with Crippen LogP contribution in [0.25, 0.3) is 5.69 Å². The Morgan fingerprint density at radius 1 is 1.14 bits per heavy atom. The van der Waals surface area contributed by atoms with Crippen molar-refractivity contribution in [1.29, 1.82) is 0 Å². The van der Waals surface area contributed by atoms with Gasteiger partial charge < -0.3 is 10.0 Å². The van der Waals surface area contributed by atoms with E-state index in [1.165, 1.54) is 17.3 Å². The van der Waals surface area contributed by atoms with Crippen LogP contribution in [-0.2, 0) is 11.3 Å². The van der Waals surface area contributed by atoms with E-state index >= 15 is 0 Å². The molecule has 0 spiro atoms. The molecule has 1 heterocycles. The topological polar surface area (TPSA) is 84.1 Å². The lowest BCUT2D eigenvalue weighted by molar-refractivity contribution is -0.129. The van der Waals surface area contributed by atoms with Gasteiger partial charge >= 0.3 is 0 Å². The number of aromatic hydroxyl groups is 1. The standard InChI is InChI=1S/C20H23N5O2S/c1-3-12-24(13-16-6-4-15(2)5-7-16)19(27)14-28-20-21-22-23-25(20)17-8-10-18(26)11-9-17/h4-11,26H,3,12-14H2,1-2H3. The number of hydrogen-bond acceptors (Lipinski definition) is 6. The molecule has 2 aromatic carbocycles. The molecule has 1 aromatic heterocycles. The zero-order valence-corrected chi connectivity index (χ0v) is 16.8. The van der Waals surface area contributed by atoms with Crippen molar-refractivity contribution in [2.24, 2.45) is 0 Å². The summed E-state index contributed by atoms with van der Waals surface area (Å²) in [4.78, 5) is 14.7.